The van der Waals surface area contributed by atoms with Crippen LogP contribution in [0.2, 0.25) is 5.02 Å². The van der Waals surface area contributed by atoms with Gasteiger partial charge < -0.3 is 14.5 Å². The van der Waals surface area contributed by atoms with Gasteiger partial charge in [-0.1, -0.05) is 23.7 Å². The minimum Gasteiger partial charge on any atom is -0.444 e. The molecule has 3 rings (SSSR count). The van der Waals surface area contributed by atoms with Crippen LogP contribution in [0.25, 0.3) is 0 Å². The summed E-state index contributed by atoms with van der Waals surface area (Å²) in [6, 6.07) is 9.52. The summed E-state index contributed by atoms with van der Waals surface area (Å²) in [6.07, 6.45) is 3.32. The molecule has 2 aromatic rings. The van der Waals surface area contributed by atoms with Gasteiger partial charge in [0.25, 0.3) is 0 Å². The molecule has 0 saturated carbocycles. The molecule has 0 unspecified atom stereocenters. The fraction of sp³-hybridized carbons (Fsp3) is 0.500. The molecule has 1 aromatic carbocycles. The maximum atomic E-state index is 12.2. The van der Waals surface area contributed by atoms with E-state index >= 15 is 0 Å². The van der Waals surface area contributed by atoms with Gasteiger partial charge in [0.15, 0.2) is 0 Å². The highest BCUT2D eigenvalue weighted by Gasteiger charge is 2.28. The largest absolute Gasteiger partial charge is 0.444 e. The van der Waals surface area contributed by atoms with E-state index in [2.05, 4.69) is 5.10 Å². The van der Waals surface area contributed by atoms with Gasteiger partial charge in [-0.05, 0) is 57.4 Å². The molecule has 2 heterocycles. The number of hydrogen-bond acceptors (Lipinski definition) is 4. The Morgan fingerprint density at radius 3 is 2.48 bits per heavy atom. The van der Waals surface area contributed by atoms with E-state index in [0.717, 1.165) is 24.1 Å². The smallest absolute Gasteiger partial charge is 0.410 e. The van der Waals surface area contributed by atoms with Crippen LogP contribution in [0.1, 0.15) is 50.8 Å². The number of nitrogens with zero attached hydrogens (tertiary/aromatic N) is 3. The molecule has 27 heavy (non-hydrogen) atoms. The first-order valence-electron chi connectivity index (χ1n) is 9.21. The van der Waals surface area contributed by atoms with Crippen molar-refractivity contribution < 1.29 is 14.4 Å². The van der Waals surface area contributed by atoms with Crippen molar-refractivity contribution in [2.45, 2.75) is 51.7 Å². The number of piperidine rings is 1. The molecule has 1 aliphatic heterocycles. The second-order valence-electron chi connectivity index (χ2n) is 7.78. The Labute approximate surface area is 165 Å². The van der Waals surface area contributed by atoms with Gasteiger partial charge in [-0.25, -0.2) is 4.79 Å². The van der Waals surface area contributed by atoms with Crippen LogP contribution in [-0.4, -0.2) is 39.6 Å². The van der Waals surface area contributed by atoms with Gasteiger partial charge in [-0.2, -0.15) is 0 Å². The van der Waals surface area contributed by atoms with E-state index in [1.54, 1.807) is 4.90 Å². The number of amides is 1. The third-order valence-corrected chi connectivity index (χ3v) is 4.68. The number of halogens is 1. The van der Waals surface area contributed by atoms with Gasteiger partial charge in [-0.15, -0.1) is 9.94 Å². The first-order chi connectivity index (χ1) is 12.8. The zero-order chi connectivity index (χ0) is 19.4. The number of aromatic nitrogens is 2. The monoisotopic (exact) mass is 391 g/mol. The van der Waals surface area contributed by atoms with Crippen molar-refractivity contribution in [2.24, 2.45) is 0 Å². The number of rotatable bonds is 4. The van der Waals surface area contributed by atoms with E-state index < -0.39 is 5.60 Å². The summed E-state index contributed by atoms with van der Waals surface area (Å²) in [7, 11) is 0. The van der Waals surface area contributed by atoms with Gasteiger partial charge >= 0.3 is 6.09 Å². The molecular formula is C20H26ClN3O3. The topological polar surface area (TPSA) is 56.6 Å². The Kier molecular flexibility index (Phi) is 5.95. The molecule has 1 saturated heterocycles. The standard InChI is InChI=1S/C20H26ClN3O3/c1-20(2,3)27-19(25)23-11-8-16(9-12-23)18-10-13-24(22-18)26-14-15-4-6-17(21)7-5-15/h4-7,10,13,16H,8-9,11-12,14H2,1-3H3. The highest BCUT2D eigenvalue weighted by atomic mass is 35.5. The molecule has 0 aliphatic carbocycles. The van der Waals surface area contributed by atoms with Crippen LogP contribution in [0.15, 0.2) is 36.5 Å². The minimum atomic E-state index is -0.464. The van der Waals surface area contributed by atoms with E-state index in [1.807, 2.05) is 57.3 Å². The Bertz CT molecular complexity index is 760. The number of ether oxygens (including phenoxy) is 1. The van der Waals surface area contributed by atoms with Gasteiger partial charge in [-0.3, -0.25) is 0 Å². The van der Waals surface area contributed by atoms with E-state index in [4.69, 9.17) is 21.2 Å². The minimum absolute atomic E-state index is 0.238. The summed E-state index contributed by atoms with van der Waals surface area (Å²) < 4.78 is 5.44. The van der Waals surface area contributed by atoms with Crippen LogP contribution >= 0.6 is 11.6 Å². The van der Waals surface area contributed by atoms with Gasteiger partial charge in [0, 0.05) is 24.0 Å². The number of benzene rings is 1. The molecule has 7 heteroatoms. The van der Waals surface area contributed by atoms with E-state index in [9.17, 15) is 4.79 Å². The Morgan fingerprint density at radius 2 is 1.85 bits per heavy atom. The number of carbonyl (C=O) groups excluding carboxylic acids is 1. The van der Waals surface area contributed by atoms with Crippen molar-refractivity contribution in [1.82, 2.24) is 14.8 Å². The molecule has 0 N–H and O–H groups in total. The van der Waals surface area contributed by atoms with Crippen LogP contribution < -0.4 is 4.84 Å². The van der Waals surface area contributed by atoms with Crippen molar-refractivity contribution >= 4 is 17.7 Å². The second kappa shape index (κ2) is 8.21. The van der Waals surface area contributed by atoms with Crippen molar-refractivity contribution in [3.05, 3.63) is 52.8 Å². The predicted molar refractivity (Wildman–Crippen MR) is 104 cm³/mol. The molecule has 1 amide bonds. The van der Waals surface area contributed by atoms with E-state index in [0.29, 0.717) is 30.6 Å². The highest BCUT2D eigenvalue weighted by Crippen LogP contribution is 2.27. The van der Waals surface area contributed by atoms with E-state index in [-0.39, 0.29) is 6.09 Å². The zero-order valence-corrected chi connectivity index (χ0v) is 16.8. The molecule has 0 atom stereocenters. The van der Waals surface area contributed by atoms with Crippen molar-refractivity contribution in [3.63, 3.8) is 0 Å². The van der Waals surface area contributed by atoms with Crippen LogP contribution in [0.4, 0.5) is 4.79 Å². The van der Waals surface area contributed by atoms with Crippen LogP contribution in [0, 0.1) is 0 Å². The molecule has 0 radical (unpaired) electrons. The number of hydrogen-bond donors (Lipinski definition) is 0. The zero-order valence-electron chi connectivity index (χ0n) is 16.0. The predicted octanol–water partition coefficient (Wildman–Crippen LogP) is 4.28. The lowest BCUT2D eigenvalue weighted by atomic mass is 9.94. The summed E-state index contributed by atoms with van der Waals surface area (Å²) >= 11 is 5.89. The van der Waals surface area contributed by atoms with E-state index in [1.165, 1.54) is 4.85 Å². The van der Waals surface area contributed by atoms with Crippen LogP contribution in [0.5, 0.6) is 0 Å². The van der Waals surface area contributed by atoms with Crippen LogP contribution in [-0.2, 0) is 11.3 Å². The Morgan fingerprint density at radius 1 is 1.19 bits per heavy atom. The normalized spacial score (nSPS) is 15.6. The number of likely N-dealkylation sites (tertiary alicyclic amines) is 1. The third kappa shape index (κ3) is 5.63. The first kappa shape index (κ1) is 19.5. The van der Waals surface area contributed by atoms with Gasteiger partial charge in [0.2, 0.25) is 0 Å². The maximum absolute atomic E-state index is 12.2. The molecule has 1 fully saturated rings. The lowest BCUT2D eigenvalue weighted by Crippen LogP contribution is -2.41. The average molecular weight is 392 g/mol. The summed E-state index contributed by atoms with van der Waals surface area (Å²) in [6.45, 7) is 7.43. The number of carbonyl (C=O) groups is 1. The van der Waals surface area contributed by atoms with Crippen molar-refractivity contribution in [3.8, 4) is 0 Å². The van der Waals surface area contributed by atoms with Gasteiger partial charge in [0.1, 0.15) is 12.2 Å². The molecule has 0 spiro atoms. The van der Waals surface area contributed by atoms with Crippen LogP contribution in [0.3, 0.4) is 0 Å². The lowest BCUT2D eigenvalue weighted by Gasteiger charge is -2.32. The first-order valence-corrected chi connectivity index (χ1v) is 9.59. The fourth-order valence-corrected chi connectivity index (χ4v) is 3.14. The molecule has 0 bridgehead atoms. The highest BCUT2D eigenvalue weighted by molar-refractivity contribution is 6.30. The molecule has 1 aliphatic rings. The van der Waals surface area contributed by atoms with Crippen molar-refractivity contribution in [2.75, 3.05) is 13.1 Å². The Hall–Kier alpha value is -2.21. The molecular weight excluding hydrogens is 366 g/mol. The summed E-state index contributed by atoms with van der Waals surface area (Å²) in [5, 5.41) is 5.24. The summed E-state index contributed by atoms with van der Waals surface area (Å²) in [4.78, 5) is 21.1. The Balaban J connectivity index is 1.49. The third-order valence-electron chi connectivity index (χ3n) is 4.43. The SMILES string of the molecule is CC(C)(C)OC(=O)N1CCC(c2ccn(OCc3ccc(Cl)cc3)n2)CC1. The average Bonchev–Trinajstić information content (AvgIpc) is 3.09. The second-order valence-corrected chi connectivity index (χ2v) is 8.22. The molecule has 6 nitrogen and oxygen atoms in total. The lowest BCUT2D eigenvalue weighted by molar-refractivity contribution is 0.0202. The van der Waals surface area contributed by atoms with Crippen molar-refractivity contribution in [1.29, 1.82) is 0 Å². The fourth-order valence-electron chi connectivity index (χ4n) is 3.02. The summed E-state index contributed by atoms with van der Waals surface area (Å²) in [5.74, 6) is 0.323. The summed E-state index contributed by atoms with van der Waals surface area (Å²) in [5.41, 5.74) is 1.56. The molecule has 146 valence electrons. The van der Waals surface area contributed by atoms with Gasteiger partial charge in [0.05, 0.1) is 11.9 Å². The molecule has 1 aromatic heterocycles. The maximum Gasteiger partial charge on any atom is 0.410 e. The quantitative estimate of drug-likeness (QED) is 0.780.